The summed E-state index contributed by atoms with van der Waals surface area (Å²) in [7, 11) is 1.91. The number of hydrogen-bond acceptors (Lipinski definition) is 6. The van der Waals surface area contributed by atoms with Crippen LogP contribution in [0.1, 0.15) is 60.6 Å². The Balaban J connectivity index is 1.16. The average Bonchev–Trinajstić information content (AvgIpc) is 3.48. The lowest BCUT2D eigenvalue weighted by molar-refractivity contribution is 0.0201. The van der Waals surface area contributed by atoms with E-state index in [1.165, 1.54) is 6.07 Å². The van der Waals surface area contributed by atoms with Crippen LogP contribution in [-0.4, -0.2) is 38.9 Å². The number of hydrogen-bond donors (Lipinski definition) is 0. The summed E-state index contributed by atoms with van der Waals surface area (Å²) in [6, 6.07) is 8.74. The van der Waals surface area contributed by atoms with Gasteiger partial charge in [-0.25, -0.2) is 14.2 Å². The molecule has 2 aliphatic heterocycles. The third-order valence-corrected chi connectivity index (χ3v) is 9.23. The molecule has 7 rings (SSSR count). The van der Waals surface area contributed by atoms with Crippen molar-refractivity contribution in [2.24, 2.45) is 7.05 Å². The largest absolute Gasteiger partial charge is 0.458 e. The molecule has 2 saturated heterocycles. The molecule has 3 atom stereocenters. The zero-order valence-corrected chi connectivity index (χ0v) is 24.1. The molecule has 39 heavy (non-hydrogen) atoms. The lowest BCUT2D eigenvalue weighted by atomic mass is 9.99. The van der Waals surface area contributed by atoms with Crippen molar-refractivity contribution in [2.75, 3.05) is 4.90 Å². The molecule has 0 amide bonds. The summed E-state index contributed by atoms with van der Waals surface area (Å²) in [4.78, 5) is 20.6. The second-order valence-electron chi connectivity index (χ2n) is 10.7. The number of nitrogens with zero attached hydrogens (tertiary/aromatic N) is 4. The molecule has 3 aliphatic rings. The van der Waals surface area contributed by atoms with Gasteiger partial charge in [-0.05, 0) is 49.9 Å². The van der Waals surface area contributed by atoms with Crippen molar-refractivity contribution < 1.29 is 18.4 Å². The Morgan fingerprint density at radius 3 is 2.49 bits per heavy atom. The second-order valence-corrected chi connectivity index (χ2v) is 12.4. The minimum Gasteiger partial charge on any atom is -0.458 e. The number of halogens is 4. The molecule has 0 radical (unpaired) electrons. The summed E-state index contributed by atoms with van der Waals surface area (Å²) in [5, 5.41) is 5.01. The number of benzene rings is 2. The number of anilines is 1. The van der Waals surface area contributed by atoms with Gasteiger partial charge < -0.3 is 18.7 Å². The first-order valence-corrected chi connectivity index (χ1v) is 14.6. The zero-order valence-electron chi connectivity index (χ0n) is 21.0. The van der Waals surface area contributed by atoms with Crippen molar-refractivity contribution in [3.8, 4) is 11.3 Å². The molecular weight excluding hydrogens is 610 g/mol. The Morgan fingerprint density at radius 1 is 1.13 bits per heavy atom. The van der Waals surface area contributed by atoms with Gasteiger partial charge in [0.25, 0.3) is 0 Å². The molecule has 4 heterocycles. The van der Waals surface area contributed by atoms with Crippen molar-refractivity contribution in [1.29, 1.82) is 0 Å². The van der Waals surface area contributed by atoms with Crippen molar-refractivity contribution in [3.63, 3.8) is 0 Å². The van der Waals surface area contributed by atoms with Crippen molar-refractivity contribution in [2.45, 2.75) is 62.6 Å². The first kappa shape index (κ1) is 25.4. The number of carbonyl (C=O) groups excluding carboxylic acids is 1. The van der Waals surface area contributed by atoms with Crippen LogP contribution < -0.4 is 4.90 Å². The fraction of sp³-hybridized carbons (Fsp3) is 0.393. The van der Waals surface area contributed by atoms with E-state index in [9.17, 15) is 9.18 Å². The van der Waals surface area contributed by atoms with Gasteiger partial charge in [0, 0.05) is 47.9 Å². The maximum absolute atomic E-state index is 14.6. The van der Waals surface area contributed by atoms with E-state index >= 15 is 0 Å². The Kier molecular flexibility index (Phi) is 6.17. The molecule has 2 aromatic heterocycles. The van der Waals surface area contributed by atoms with Crippen LogP contribution in [-0.2, 0) is 11.8 Å². The Hall–Kier alpha value is -2.62. The fourth-order valence-corrected chi connectivity index (χ4v) is 7.21. The first-order valence-electron chi connectivity index (χ1n) is 13.0. The number of aryl methyl sites for hydroxylation is 1. The van der Waals surface area contributed by atoms with Gasteiger partial charge in [-0.15, -0.1) is 0 Å². The van der Waals surface area contributed by atoms with E-state index in [1.54, 1.807) is 18.2 Å². The molecule has 11 heteroatoms. The van der Waals surface area contributed by atoms with E-state index in [0.717, 1.165) is 37.1 Å². The molecule has 2 bridgehead atoms. The molecule has 1 aliphatic carbocycles. The number of piperidine rings is 1. The fourth-order valence-electron chi connectivity index (χ4n) is 6.21. The van der Waals surface area contributed by atoms with E-state index in [1.807, 2.05) is 17.7 Å². The SMILES string of the molecule is Cn1c(N2[C@@H]3CC[C@H]2C[C@H](OC(=O)c2c(-c4c(Cl)cccc4Cl)noc2C2CC2)C3)nc2c(F)cc(Br)cc21. The third kappa shape index (κ3) is 4.24. The highest BCUT2D eigenvalue weighted by molar-refractivity contribution is 9.10. The van der Waals surface area contributed by atoms with Crippen LogP contribution in [0.5, 0.6) is 0 Å². The second kappa shape index (κ2) is 9.49. The van der Waals surface area contributed by atoms with E-state index in [4.69, 9.17) is 32.5 Å². The third-order valence-electron chi connectivity index (χ3n) is 8.15. The van der Waals surface area contributed by atoms with Crippen LogP contribution in [0.15, 0.2) is 39.3 Å². The van der Waals surface area contributed by atoms with Gasteiger partial charge in [-0.2, -0.15) is 0 Å². The molecule has 0 spiro atoms. The van der Waals surface area contributed by atoms with Gasteiger partial charge in [0.2, 0.25) is 5.95 Å². The minimum absolute atomic E-state index is 0.131. The standard InChI is InChI=1S/C28H24BrCl2FN4O3/c1-35-21-10-14(29)9-20(32)24(21)33-28(35)36-15-7-8-16(36)12-17(11-15)38-27(37)23-25(34-39-26(23)13-5-6-13)22-18(30)3-2-4-19(22)31/h2-4,9-10,13,15-17H,5-8,11-12H2,1H3/t15-,16+,17-. The van der Waals surface area contributed by atoms with Gasteiger partial charge in [0.05, 0.1) is 15.6 Å². The summed E-state index contributed by atoms with van der Waals surface area (Å²) < 4.78 is 29.1. The van der Waals surface area contributed by atoms with Gasteiger partial charge in [-0.1, -0.05) is 50.4 Å². The van der Waals surface area contributed by atoms with Crippen LogP contribution >= 0.6 is 39.1 Å². The summed E-state index contributed by atoms with van der Waals surface area (Å²) in [5.74, 6) is 0.610. The number of ether oxygens (including phenoxy) is 1. The van der Waals surface area contributed by atoms with Crippen LogP contribution in [0, 0.1) is 5.82 Å². The molecule has 0 unspecified atom stereocenters. The molecule has 3 fully saturated rings. The number of fused-ring (bicyclic) bond motifs is 3. The van der Waals surface area contributed by atoms with E-state index < -0.39 is 5.97 Å². The van der Waals surface area contributed by atoms with Crippen molar-refractivity contribution in [3.05, 3.63) is 62.0 Å². The molecule has 7 nitrogen and oxygen atoms in total. The zero-order chi connectivity index (χ0) is 27.0. The summed E-state index contributed by atoms with van der Waals surface area (Å²) in [6.45, 7) is 0. The number of esters is 1. The predicted octanol–water partition coefficient (Wildman–Crippen LogP) is 7.67. The van der Waals surface area contributed by atoms with Crippen molar-refractivity contribution >= 4 is 62.1 Å². The highest BCUT2D eigenvalue weighted by Gasteiger charge is 2.45. The maximum Gasteiger partial charge on any atom is 0.344 e. The smallest absolute Gasteiger partial charge is 0.344 e. The number of carbonyl (C=O) groups is 1. The molecule has 202 valence electrons. The Morgan fingerprint density at radius 2 is 1.82 bits per heavy atom. The Labute approximate surface area is 242 Å². The summed E-state index contributed by atoms with van der Waals surface area (Å²) in [5.41, 5.74) is 2.20. The minimum atomic E-state index is -0.461. The molecule has 4 aromatic rings. The van der Waals surface area contributed by atoms with Crippen LogP contribution in [0.4, 0.5) is 10.3 Å². The van der Waals surface area contributed by atoms with Crippen LogP contribution in [0.25, 0.3) is 22.3 Å². The van der Waals surface area contributed by atoms with Crippen LogP contribution in [0.2, 0.25) is 10.0 Å². The monoisotopic (exact) mass is 632 g/mol. The average molecular weight is 634 g/mol. The molecule has 2 aromatic carbocycles. The molecule has 1 saturated carbocycles. The highest BCUT2D eigenvalue weighted by atomic mass is 79.9. The lowest BCUT2D eigenvalue weighted by Gasteiger charge is -2.39. The number of imidazole rings is 1. The van der Waals surface area contributed by atoms with Gasteiger partial charge in [0.15, 0.2) is 11.6 Å². The predicted molar refractivity (Wildman–Crippen MR) is 150 cm³/mol. The molecular formula is C28H24BrCl2FN4O3. The van der Waals surface area contributed by atoms with E-state index in [-0.39, 0.29) is 29.9 Å². The topological polar surface area (TPSA) is 73.4 Å². The summed E-state index contributed by atoms with van der Waals surface area (Å²) >= 11 is 16.3. The number of rotatable bonds is 5. The Bertz CT molecular complexity index is 1600. The maximum atomic E-state index is 14.6. The lowest BCUT2D eigenvalue weighted by Crippen LogP contribution is -2.47. The van der Waals surface area contributed by atoms with E-state index in [0.29, 0.717) is 55.5 Å². The first-order chi connectivity index (χ1) is 18.8. The normalized spacial score (nSPS) is 22.6. The van der Waals surface area contributed by atoms with Gasteiger partial charge in [-0.3, -0.25) is 0 Å². The quantitative estimate of drug-likeness (QED) is 0.210. The van der Waals surface area contributed by atoms with E-state index in [2.05, 4.69) is 31.0 Å². The molecule has 0 N–H and O–H groups in total. The van der Waals surface area contributed by atoms with Crippen molar-refractivity contribution in [1.82, 2.24) is 14.7 Å². The van der Waals surface area contributed by atoms with Gasteiger partial charge in [0.1, 0.15) is 22.9 Å². The summed E-state index contributed by atoms with van der Waals surface area (Å²) in [6.07, 6.45) is 4.81. The highest BCUT2D eigenvalue weighted by Crippen LogP contribution is 2.47. The van der Waals surface area contributed by atoms with Gasteiger partial charge >= 0.3 is 5.97 Å². The van der Waals surface area contributed by atoms with Crippen LogP contribution in [0.3, 0.4) is 0 Å². The number of aromatic nitrogens is 3.